The van der Waals surface area contributed by atoms with Crippen molar-refractivity contribution >= 4 is 33.5 Å². The van der Waals surface area contributed by atoms with Gasteiger partial charge in [-0.25, -0.2) is 13.2 Å². The second-order valence-electron chi connectivity index (χ2n) is 14.1. The third-order valence-corrected chi connectivity index (χ3v) is 11.9. The highest BCUT2D eigenvalue weighted by Crippen LogP contribution is 2.38. The lowest BCUT2D eigenvalue weighted by molar-refractivity contribution is -0.120. The van der Waals surface area contributed by atoms with Crippen molar-refractivity contribution < 1.29 is 27.5 Å². The Bertz CT molecular complexity index is 1600. The number of nitrogens with zero attached hydrogens (tertiary/aromatic N) is 5. The second-order valence-corrected chi connectivity index (χ2v) is 16.6. The summed E-state index contributed by atoms with van der Waals surface area (Å²) in [6.45, 7) is 7.11. The predicted molar refractivity (Wildman–Crippen MR) is 184 cm³/mol. The minimum Gasteiger partial charge on any atom is -0.444 e. The molecule has 3 aliphatic rings. The molecule has 5 rings (SSSR count). The summed E-state index contributed by atoms with van der Waals surface area (Å²) in [4.78, 5) is 32.2. The van der Waals surface area contributed by atoms with E-state index in [4.69, 9.17) is 21.1 Å². The quantitative estimate of drug-likeness (QED) is 0.154. The van der Waals surface area contributed by atoms with Gasteiger partial charge in [0.1, 0.15) is 17.4 Å². The summed E-state index contributed by atoms with van der Waals surface area (Å²) in [5, 5.41) is 4.67. The van der Waals surface area contributed by atoms with E-state index in [9.17, 15) is 23.5 Å². The number of benzene rings is 2. The van der Waals surface area contributed by atoms with Crippen LogP contribution in [0.1, 0.15) is 75.5 Å². The zero-order valence-electron chi connectivity index (χ0n) is 28.0. The van der Waals surface area contributed by atoms with Crippen LogP contribution < -0.4 is 0 Å². The van der Waals surface area contributed by atoms with E-state index in [1.165, 1.54) is 0 Å². The number of rotatable bonds is 10. The number of hydrogen-bond acceptors (Lipinski definition) is 7. The molecule has 2 bridgehead atoms. The van der Waals surface area contributed by atoms with Gasteiger partial charge in [-0.2, -0.15) is 4.31 Å². The zero-order chi connectivity index (χ0) is 34.5. The Kier molecular flexibility index (Phi) is 11.7. The average Bonchev–Trinajstić information content (AvgIpc) is 3.17. The Labute approximate surface area is 288 Å². The van der Waals surface area contributed by atoms with Gasteiger partial charge in [0.25, 0.3) is 0 Å². The van der Waals surface area contributed by atoms with Crippen LogP contribution in [0.25, 0.3) is 10.4 Å². The van der Waals surface area contributed by atoms with Crippen molar-refractivity contribution in [2.24, 2.45) is 11.0 Å². The maximum atomic E-state index is 14.1. The number of piperazine rings is 1. The third kappa shape index (κ3) is 8.90. The lowest BCUT2D eigenvalue weighted by Gasteiger charge is -2.44. The van der Waals surface area contributed by atoms with Crippen LogP contribution in [0, 0.1) is 5.92 Å². The van der Waals surface area contributed by atoms with E-state index in [2.05, 4.69) is 10.0 Å². The largest absolute Gasteiger partial charge is 0.444 e. The van der Waals surface area contributed by atoms with Gasteiger partial charge < -0.3 is 14.4 Å². The van der Waals surface area contributed by atoms with E-state index < -0.39 is 33.8 Å². The van der Waals surface area contributed by atoms with Gasteiger partial charge in [-0.3, -0.25) is 4.79 Å². The molecular formula is C35H46ClN5O6S. The molecule has 2 aromatic carbocycles. The Balaban J connectivity index is 1.37. The fourth-order valence-corrected chi connectivity index (χ4v) is 9.28. The summed E-state index contributed by atoms with van der Waals surface area (Å²) in [7, 11) is -3.49. The van der Waals surface area contributed by atoms with Gasteiger partial charge >= 0.3 is 6.09 Å². The first-order valence-electron chi connectivity index (χ1n) is 16.8. The number of ether oxygens (including phenoxy) is 2. The predicted octanol–water partition coefficient (Wildman–Crippen LogP) is 6.69. The molecule has 13 heteroatoms. The number of ketones is 1. The van der Waals surface area contributed by atoms with Crippen LogP contribution in [-0.4, -0.2) is 85.3 Å². The molecule has 0 radical (unpaired) electrons. The summed E-state index contributed by atoms with van der Waals surface area (Å²) in [6, 6.07) is 13.4. The molecule has 3 saturated heterocycles. The van der Waals surface area contributed by atoms with Crippen molar-refractivity contribution in [1.29, 1.82) is 0 Å². The molecule has 0 N–H and O–H groups in total. The number of halogens is 1. The number of aryl methyl sites for hydroxylation is 1. The molecule has 2 aromatic rings. The monoisotopic (exact) mass is 699 g/mol. The number of hydrogen-bond donors (Lipinski definition) is 0. The number of carbonyl (C=O) groups excluding carboxylic acids is 2. The number of Topliss-reactive ketones (excluding diaryl/α,β-unsaturated/α-hetero) is 1. The lowest BCUT2D eigenvalue weighted by atomic mass is 9.75. The molecule has 0 saturated carbocycles. The topological polar surface area (TPSA) is 142 Å². The molecule has 11 nitrogen and oxygen atoms in total. The van der Waals surface area contributed by atoms with Crippen molar-refractivity contribution in [3.8, 4) is 0 Å². The minimum absolute atomic E-state index is 0.0515. The molecular weight excluding hydrogens is 654 g/mol. The van der Waals surface area contributed by atoms with Gasteiger partial charge in [-0.05, 0) is 99.6 Å². The smallest absolute Gasteiger partial charge is 0.410 e. The Morgan fingerprint density at radius 2 is 1.75 bits per heavy atom. The molecule has 1 amide bonds. The van der Waals surface area contributed by atoms with Crippen LogP contribution in [-0.2, 0) is 37.1 Å². The maximum Gasteiger partial charge on any atom is 0.410 e. The first kappa shape index (κ1) is 36.1. The van der Waals surface area contributed by atoms with Crippen LogP contribution in [0.15, 0.2) is 53.6 Å². The van der Waals surface area contributed by atoms with E-state index in [1.807, 2.05) is 57.2 Å². The minimum atomic E-state index is -3.49. The second kappa shape index (κ2) is 15.6. The average molecular weight is 700 g/mol. The molecule has 1 unspecified atom stereocenters. The van der Waals surface area contributed by atoms with Gasteiger partial charge in [0, 0.05) is 60.7 Å². The standard InChI is InChI=1S/C35H46ClN5O6S/c1-35(2,3)47-34(43)40-22-30(41-23-29(40)9-6-20-48(41,44)45)15-12-24-7-4-5-8-27(24)21-31(42)33(38-39-37)32(26-16-18-46-19-17-26)25-10-13-28(36)14-11-25/h4-5,7-8,10-11,13-14,26,29-30,32-33H,6,9,12,15-23H2,1-3H3/t29-,30+,32+,33-/m1/s1. The summed E-state index contributed by atoms with van der Waals surface area (Å²) in [6.07, 6.45) is 3.18. The van der Waals surface area contributed by atoms with E-state index in [0.29, 0.717) is 43.9 Å². The summed E-state index contributed by atoms with van der Waals surface area (Å²) in [5.41, 5.74) is 11.5. The molecule has 3 heterocycles. The fourth-order valence-electron chi connectivity index (χ4n) is 7.36. The van der Waals surface area contributed by atoms with Crippen LogP contribution in [0.3, 0.4) is 0 Å². The Morgan fingerprint density at radius 3 is 2.42 bits per heavy atom. The molecule has 5 atom stereocenters. The highest BCUT2D eigenvalue weighted by Gasteiger charge is 2.44. The third-order valence-electron chi connectivity index (χ3n) is 9.68. The van der Waals surface area contributed by atoms with Crippen molar-refractivity contribution in [2.75, 3.05) is 32.1 Å². The van der Waals surface area contributed by atoms with Gasteiger partial charge in [-0.1, -0.05) is 53.1 Å². The molecule has 3 aliphatic heterocycles. The first-order chi connectivity index (χ1) is 22.9. The van der Waals surface area contributed by atoms with Crippen molar-refractivity contribution in [3.05, 3.63) is 80.7 Å². The van der Waals surface area contributed by atoms with Gasteiger partial charge in [0.15, 0.2) is 0 Å². The number of carbonyl (C=O) groups is 2. The first-order valence-corrected chi connectivity index (χ1v) is 18.8. The Hall–Kier alpha value is -3.15. The SMILES string of the molecule is CC(C)(C)OC(=O)N1C[C@H](CCc2ccccc2CC(=O)[C@@H](N=[N+]=[N-])[C@@H](c2ccc(Cl)cc2)C2CCOCC2)N2C[C@H]1CCCS2(=O)=O. The van der Waals surface area contributed by atoms with E-state index in [1.54, 1.807) is 21.3 Å². The number of azide groups is 1. The molecule has 48 heavy (non-hydrogen) atoms. The van der Waals surface area contributed by atoms with Crippen molar-refractivity contribution in [3.63, 3.8) is 0 Å². The molecule has 3 fully saturated rings. The Morgan fingerprint density at radius 1 is 1.06 bits per heavy atom. The summed E-state index contributed by atoms with van der Waals surface area (Å²) in [5.74, 6) is -0.369. The van der Waals surface area contributed by atoms with Gasteiger partial charge in [-0.15, -0.1) is 0 Å². The fraction of sp³-hybridized carbons (Fsp3) is 0.600. The van der Waals surface area contributed by atoms with Crippen LogP contribution in [0.5, 0.6) is 0 Å². The molecule has 0 aliphatic carbocycles. The van der Waals surface area contributed by atoms with Crippen molar-refractivity contribution in [2.45, 2.75) is 95.4 Å². The lowest BCUT2D eigenvalue weighted by Crippen LogP contribution is -2.60. The highest BCUT2D eigenvalue weighted by atomic mass is 35.5. The summed E-state index contributed by atoms with van der Waals surface area (Å²) < 4.78 is 39.5. The van der Waals surface area contributed by atoms with Crippen LogP contribution >= 0.6 is 11.6 Å². The van der Waals surface area contributed by atoms with Crippen LogP contribution in [0.2, 0.25) is 5.02 Å². The number of amides is 1. The van der Waals surface area contributed by atoms with E-state index in [-0.39, 0.29) is 48.9 Å². The zero-order valence-corrected chi connectivity index (χ0v) is 29.5. The van der Waals surface area contributed by atoms with Gasteiger partial charge in [0.05, 0.1) is 5.75 Å². The van der Waals surface area contributed by atoms with Crippen molar-refractivity contribution in [1.82, 2.24) is 9.21 Å². The molecule has 0 spiro atoms. The molecule has 0 aromatic heterocycles. The van der Waals surface area contributed by atoms with Gasteiger partial charge in [0.2, 0.25) is 10.0 Å². The highest BCUT2D eigenvalue weighted by molar-refractivity contribution is 7.89. The maximum absolute atomic E-state index is 14.1. The molecule has 260 valence electrons. The van der Waals surface area contributed by atoms with E-state index in [0.717, 1.165) is 29.5 Å². The normalized spacial score (nSPS) is 24.1. The number of fused-ring (bicyclic) bond motifs is 2. The summed E-state index contributed by atoms with van der Waals surface area (Å²) >= 11 is 6.19. The van der Waals surface area contributed by atoms with Crippen LogP contribution in [0.4, 0.5) is 4.79 Å². The van der Waals surface area contributed by atoms with E-state index >= 15 is 0 Å². The number of sulfonamides is 1.